The largest absolute Gasteiger partial charge is 0.294 e. The monoisotopic (exact) mass is 302 g/mol. The highest BCUT2D eigenvalue weighted by atomic mass is 16.1. The lowest BCUT2D eigenvalue weighted by Gasteiger charge is -2.37. The third kappa shape index (κ3) is 3.62. The summed E-state index contributed by atoms with van der Waals surface area (Å²) in [5.41, 5.74) is 2.15. The van der Waals surface area contributed by atoms with Crippen LogP contribution in [-0.4, -0.2) is 5.78 Å². The van der Waals surface area contributed by atoms with Gasteiger partial charge in [-0.15, -0.1) is 0 Å². The number of carbonyl (C=O) groups excluding carboxylic acids is 1. The molecule has 2 aliphatic carbocycles. The zero-order valence-electron chi connectivity index (χ0n) is 14.2. The van der Waals surface area contributed by atoms with Gasteiger partial charge in [0.1, 0.15) is 0 Å². The molecule has 0 aliphatic heterocycles. The van der Waals surface area contributed by atoms with E-state index in [0.29, 0.717) is 5.78 Å². The van der Waals surface area contributed by atoms with E-state index < -0.39 is 0 Å². The molecule has 1 aromatic rings. The second kappa shape index (κ2) is 6.98. The van der Waals surface area contributed by atoms with Gasteiger partial charge in [0.05, 0.1) is 0 Å². The fourth-order valence-electron chi connectivity index (χ4n) is 4.56. The summed E-state index contributed by atoms with van der Waals surface area (Å²) >= 11 is 0. The van der Waals surface area contributed by atoms with Crippen LogP contribution in [0.25, 0.3) is 0 Å². The molecule has 1 aromatic carbocycles. The van der Waals surface area contributed by atoms with Crippen molar-refractivity contribution in [2.24, 2.45) is 23.7 Å². The van der Waals surface area contributed by atoms with E-state index in [1.165, 1.54) is 44.1 Å². The quantitative estimate of drug-likeness (QED) is 0.598. The van der Waals surface area contributed by atoms with Crippen LogP contribution in [0.2, 0.25) is 0 Å². The Kier molecular flexibility index (Phi) is 5.00. The van der Waals surface area contributed by atoms with E-state index in [0.717, 1.165) is 36.2 Å². The van der Waals surface area contributed by atoms with E-state index in [4.69, 9.17) is 0 Å². The number of ketones is 1. The predicted octanol–water partition coefficient (Wildman–Crippen LogP) is 6.30. The summed E-state index contributed by atoms with van der Waals surface area (Å²) in [6.45, 7) is 4.47. The Bertz CT molecular complexity index is 495. The Morgan fingerprint density at radius 3 is 1.91 bits per heavy atom. The van der Waals surface area contributed by atoms with Crippen LogP contribution in [-0.2, 0) is 0 Å². The fraction of sp³-hybridized carbons (Fsp3) is 0.667. The second-order valence-corrected chi connectivity index (χ2v) is 7.86. The Labute approximate surface area is 138 Å². The summed E-state index contributed by atoms with van der Waals surface area (Å²) in [7, 11) is 0. The molecule has 2 saturated carbocycles. The number of rotatable bonds is 3. The molecule has 1 heteroatoms. The molecule has 0 aromatic heterocycles. The molecule has 3 rings (SSSR count). The van der Waals surface area contributed by atoms with Crippen LogP contribution in [0.5, 0.6) is 0 Å². The second-order valence-electron chi connectivity index (χ2n) is 7.86. The smallest absolute Gasteiger partial charge is 0.165 e. The molecule has 22 heavy (non-hydrogen) atoms. The average molecular weight is 303 g/mol. The molecule has 0 amide bonds. The van der Waals surface area contributed by atoms with Gasteiger partial charge in [0, 0.05) is 14.3 Å². The van der Waals surface area contributed by atoms with Crippen molar-refractivity contribution in [1.82, 2.24) is 0 Å². The third-order valence-corrected chi connectivity index (χ3v) is 6.21. The molecule has 0 heterocycles. The summed E-state index contributed by atoms with van der Waals surface area (Å²) in [6.07, 6.45) is 10.5. The first-order valence-corrected chi connectivity index (χ1v) is 9.24. The van der Waals surface area contributed by atoms with E-state index >= 15 is 0 Å². The van der Waals surface area contributed by atoms with E-state index in [1.54, 1.807) is 0 Å². The van der Waals surface area contributed by atoms with Crippen molar-refractivity contribution >= 4 is 5.78 Å². The number of carbonyl (C=O) groups is 1. The maximum Gasteiger partial charge on any atom is 0.165 e. The average Bonchev–Trinajstić information content (AvgIpc) is 2.56. The van der Waals surface area contributed by atoms with Gasteiger partial charge in [-0.1, -0.05) is 49.6 Å². The van der Waals surface area contributed by atoms with Crippen LogP contribution in [0.4, 0.5) is 0 Å². The highest BCUT2D eigenvalue weighted by Crippen LogP contribution is 2.41. The minimum absolute atomic E-state index is 0. The molecule has 1 nitrogen and oxygen atoms in total. The SMILES string of the molecule is Cc1ccc(C(=O)C2CCC(C3CCC(C)CC3)CC2)cc1.[HH].[HH]. The first kappa shape index (κ1) is 15.8. The molecular formula is C21H34O. The van der Waals surface area contributed by atoms with Gasteiger partial charge in [0.25, 0.3) is 0 Å². The van der Waals surface area contributed by atoms with Crippen molar-refractivity contribution in [2.75, 3.05) is 0 Å². The molecule has 0 spiro atoms. The molecule has 2 aliphatic rings. The highest BCUT2D eigenvalue weighted by Gasteiger charge is 2.32. The van der Waals surface area contributed by atoms with E-state index in [9.17, 15) is 4.79 Å². The predicted molar refractivity (Wildman–Crippen MR) is 96.3 cm³/mol. The molecular weight excluding hydrogens is 268 g/mol. The normalized spacial score (nSPS) is 32.6. The van der Waals surface area contributed by atoms with Crippen LogP contribution in [0.3, 0.4) is 0 Å². The summed E-state index contributed by atoms with van der Waals surface area (Å²) in [5, 5.41) is 0. The van der Waals surface area contributed by atoms with Crippen LogP contribution < -0.4 is 0 Å². The number of Topliss-reactive ketones (excluding diaryl/α,β-unsaturated/α-hetero) is 1. The summed E-state index contributed by atoms with van der Waals surface area (Å²) in [5.74, 6) is 3.45. The zero-order chi connectivity index (χ0) is 15.5. The summed E-state index contributed by atoms with van der Waals surface area (Å²) in [6, 6.07) is 8.13. The maximum absolute atomic E-state index is 12.6. The van der Waals surface area contributed by atoms with Crippen LogP contribution >= 0.6 is 0 Å². The van der Waals surface area contributed by atoms with Crippen LogP contribution in [0.15, 0.2) is 24.3 Å². The standard InChI is InChI=1S/C21H30O.2H2/c1-15-3-7-17(8-4-15)18-11-13-20(14-12-18)21(22)19-9-5-16(2)6-10-19;;/h5-6,9-10,15,17-18,20H,3-4,7-8,11-14H2,1-2H3;2*1H. The number of hydrogen-bond acceptors (Lipinski definition) is 1. The molecule has 0 atom stereocenters. The molecule has 124 valence electrons. The molecule has 0 bridgehead atoms. The van der Waals surface area contributed by atoms with Gasteiger partial charge in [-0.25, -0.2) is 0 Å². The van der Waals surface area contributed by atoms with E-state index in [2.05, 4.69) is 26.0 Å². The first-order chi connectivity index (χ1) is 10.6. The van der Waals surface area contributed by atoms with Crippen molar-refractivity contribution in [3.05, 3.63) is 35.4 Å². The Hall–Kier alpha value is -1.11. The summed E-state index contributed by atoms with van der Waals surface area (Å²) < 4.78 is 0. The molecule has 2 fully saturated rings. The number of benzene rings is 1. The lowest BCUT2D eigenvalue weighted by molar-refractivity contribution is 0.0832. The Balaban J connectivity index is 0.00000144. The van der Waals surface area contributed by atoms with Crippen molar-refractivity contribution in [1.29, 1.82) is 0 Å². The zero-order valence-corrected chi connectivity index (χ0v) is 14.2. The topological polar surface area (TPSA) is 17.1 Å². The third-order valence-electron chi connectivity index (χ3n) is 6.21. The van der Waals surface area contributed by atoms with Gasteiger partial charge in [0.15, 0.2) is 5.78 Å². The number of hydrogen-bond donors (Lipinski definition) is 0. The highest BCUT2D eigenvalue weighted by molar-refractivity contribution is 5.97. The van der Waals surface area contributed by atoms with Crippen molar-refractivity contribution in [3.63, 3.8) is 0 Å². The first-order valence-electron chi connectivity index (χ1n) is 9.24. The molecule has 0 saturated heterocycles. The van der Waals surface area contributed by atoms with Gasteiger partial charge in [0.2, 0.25) is 0 Å². The maximum atomic E-state index is 12.6. The molecule has 0 radical (unpaired) electrons. The van der Waals surface area contributed by atoms with Crippen LogP contribution in [0, 0.1) is 30.6 Å². The molecule has 0 unspecified atom stereocenters. The van der Waals surface area contributed by atoms with E-state index in [-0.39, 0.29) is 8.77 Å². The van der Waals surface area contributed by atoms with Crippen molar-refractivity contribution in [3.8, 4) is 0 Å². The summed E-state index contributed by atoms with van der Waals surface area (Å²) in [4.78, 5) is 12.6. The molecule has 0 N–H and O–H groups in total. The van der Waals surface area contributed by atoms with Gasteiger partial charge in [-0.3, -0.25) is 4.79 Å². The fourth-order valence-corrected chi connectivity index (χ4v) is 4.56. The minimum Gasteiger partial charge on any atom is -0.294 e. The van der Waals surface area contributed by atoms with Crippen molar-refractivity contribution in [2.45, 2.75) is 65.2 Å². The Morgan fingerprint density at radius 1 is 0.864 bits per heavy atom. The van der Waals surface area contributed by atoms with Gasteiger partial charge < -0.3 is 0 Å². The van der Waals surface area contributed by atoms with Gasteiger partial charge in [-0.05, 0) is 63.2 Å². The van der Waals surface area contributed by atoms with Gasteiger partial charge in [-0.2, -0.15) is 0 Å². The lowest BCUT2D eigenvalue weighted by atomic mass is 9.68. The number of aryl methyl sites for hydroxylation is 1. The van der Waals surface area contributed by atoms with Crippen LogP contribution in [0.1, 0.15) is 77.1 Å². The van der Waals surface area contributed by atoms with E-state index in [1.807, 2.05) is 12.1 Å². The van der Waals surface area contributed by atoms with Gasteiger partial charge >= 0.3 is 0 Å². The van der Waals surface area contributed by atoms with Crippen molar-refractivity contribution < 1.29 is 7.65 Å². The minimum atomic E-state index is 0. The Morgan fingerprint density at radius 2 is 1.36 bits per heavy atom. The lowest BCUT2D eigenvalue weighted by Crippen LogP contribution is -2.28.